The molecule has 3 heteroatoms. The molecule has 1 N–H and O–H groups in total. The van der Waals surface area contributed by atoms with Gasteiger partial charge in [0.2, 0.25) is 0 Å². The van der Waals surface area contributed by atoms with Gasteiger partial charge < -0.3 is 14.8 Å². The molecule has 1 fully saturated rings. The molecule has 88 valence electrons. The number of aryl methyl sites for hydroxylation is 1. The van der Waals surface area contributed by atoms with Gasteiger partial charge in [-0.25, -0.2) is 0 Å². The first-order valence-corrected chi connectivity index (χ1v) is 5.72. The largest absolute Gasteiger partial charge is 0.497 e. The lowest BCUT2D eigenvalue weighted by atomic mass is 10.0. The molecule has 0 amide bonds. The summed E-state index contributed by atoms with van der Waals surface area (Å²) in [5.41, 5.74) is 2.35. The Balaban J connectivity index is 2.42. The summed E-state index contributed by atoms with van der Waals surface area (Å²) in [6, 6.07) is 4.50. The summed E-state index contributed by atoms with van der Waals surface area (Å²) in [6.45, 7) is 3.14. The molecule has 16 heavy (non-hydrogen) atoms. The summed E-state index contributed by atoms with van der Waals surface area (Å²) in [6.07, 6.45) is 2.40. The van der Waals surface area contributed by atoms with Crippen LogP contribution in [0.1, 0.15) is 30.0 Å². The van der Waals surface area contributed by atoms with Crippen molar-refractivity contribution >= 4 is 0 Å². The molecule has 0 bridgehead atoms. The van der Waals surface area contributed by atoms with Crippen LogP contribution < -0.4 is 14.8 Å². The van der Waals surface area contributed by atoms with Crippen molar-refractivity contribution in [1.82, 2.24) is 5.32 Å². The zero-order valence-electron chi connectivity index (χ0n) is 10.2. The molecular formula is C13H19NO2. The molecule has 1 atom stereocenters. The number of benzene rings is 1. The van der Waals surface area contributed by atoms with Gasteiger partial charge in [0.15, 0.2) is 0 Å². The second kappa shape index (κ2) is 4.74. The molecular weight excluding hydrogens is 202 g/mol. The second-order valence-electron chi connectivity index (χ2n) is 4.22. The average Bonchev–Trinajstić information content (AvgIpc) is 2.81. The number of ether oxygens (including phenoxy) is 2. The third-order valence-electron chi connectivity index (χ3n) is 3.15. The Morgan fingerprint density at radius 1 is 1.25 bits per heavy atom. The minimum absolute atomic E-state index is 0.406. The summed E-state index contributed by atoms with van der Waals surface area (Å²) in [7, 11) is 3.43. The van der Waals surface area contributed by atoms with Gasteiger partial charge in [0.25, 0.3) is 0 Å². The Kier molecular flexibility index (Phi) is 3.34. The van der Waals surface area contributed by atoms with Crippen LogP contribution in [0.5, 0.6) is 11.5 Å². The maximum Gasteiger partial charge on any atom is 0.126 e. The number of hydrogen-bond acceptors (Lipinski definition) is 3. The molecule has 2 rings (SSSR count). The van der Waals surface area contributed by atoms with Gasteiger partial charge in [-0.3, -0.25) is 0 Å². The van der Waals surface area contributed by atoms with Crippen LogP contribution in [0.25, 0.3) is 0 Å². The van der Waals surface area contributed by atoms with Crippen LogP contribution >= 0.6 is 0 Å². The second-order valence-corrected chi connectivity index (χ2v) is 4.22. The molecule has 1 aliphatic heterocycles. The van der Waals surface area contributed by atoms with Crippen LogP contribution in [-0.4, -0.2) is 20.8 Å². The highest BCUT2D eigenvalue weighted by molar-refractivity contribution is 5.48. The van der Waals surface area contributed by atoms with Crippen molar-refractivity contribution in [3.63, 3.8) is 0 Å². The van der Waals surface area contributed by atoms with Gasteiger partial charge >= 0.3 is 0 Å². The van der Waals surface area contributed by atoms with Crippen LogP contribution in [-0.2, 0) is 0 Å². The Morgan fingerprint density at radius 2 is 2.06 bits per heavy atom. The van der Waals surface area contributed by atoms with Gasteiger partial charge in [0, 0.05) is 11.6 Å². The average molecular weight is 221 g/mol. The summed E-state index contributed by atoms with van der Waals surface area (Å²) < 4.78 is 10.8. The van der Waals surface area contributed by atoms with Gasteiger partial charge in [0.1, 0.15) is 11.5 Å². The number of nitrogens with one attached hydrogen (secondary N) is 1. The number of hydrogen-bond donors (Lipinski definition) is 1. The van der Waals surface area contributed by atoms with E-state index < -0.39 is 0 Å². The van der Waals surface area contributed by atoms with Crippen LogP contribution in [0.15, 0.2) is 12.1 Å². The zero-order chi connectivity index (χ0) is 11.5. The number of rotatable bonds is 3. The molecule has 0 spiro atoms. The predicted molar refractivity (Wildman–Crippen MR) is 64.3 cm³/mol. The van der Waals surface area contributed by atoms with E-state index in [9.17, 15) is 0 Å². The van der Waals surface area contributed by atoms with Crippen molar-refractivity contribution in [2.45, 2.75) is 25.8 Å². The molecule has 1 unspecified atom stereocenters. The molecule has 1 heterocycles. The fraction of sp³-hybridized carbons (Fsp3) is 0.538. The molecule has 0 aromatic heterocycles. The predicted octanol–water partition coefficient (Wildman–Crippen LogP) is 2.44. The highest BCUT2D eigenvalue weighted by Crippen LogP contribution is 2.36. The van der Waals surface area contributed by atoms with Crippen molar-refractivity contribution < 1.29 is 9.47 Å². The Hall–Kier alpha value is -1.22. The molecule has 0 saturated carbocycles. The van der Waals surface area contributed by atoms with E-state index in [1.807, 2.05) is 6.07 Å². The van der Waals surface area contributed by atoms with Crippen molar-refractivity contribution in [2.24, 2.45) is 0 Å². The lowest BCUT2D eigenvalue weighted by Crippen LogP contribution is -2.14. The summed E-state index contributed by atoms with van der Waals surface area (Å²) >= 11 is 0. The number of methoxy groups -OCH3 is 2. The Bertz CT molecular complexity index is 370. The van der Waals surface area contributed by atoms with Crippen LogP contribution in [0.4, 0.5) is 0 Å². The highest BCUT2D eigenvalue weighted by Gasteiger charge is 2.21. The first kappa shape index (κ1) is 11.3. The quantitative estimate of drug-likeness (QED) is 0.850. The summed E-state index contributed by atoms with van der Waals surface area (Å²) in [5.74, 6) is 1.89. The zero-order valence-corrected chi connectivity index (χ0v) is 10.2. The maximum atomic E-state index is 5.49. The first-order chi connectivity index (χ1) is 7.76. The van der Waals surface area contributed by atoms with Gasteiger partial charge in [-0.15, -0.1) is 0 Å². The molecule has 3 nitrogen and oxygen atoms in total. The molecule has 0 aliphatic carbocycles. The highest BCUT2D eigenvalue weighted by atomic mass is 16.5. The van der Waals surface area contributed by atoms with Crippen molar-refractivity contribution in [3.8, 4) is 11.5 Å². The third-order valence-corrected chi connectivity index (χ3v) is 3.15. The van der Waals surface area contributed by atoms with Gasteiger partial charge in [0.05, 0.1) is 14.2 Å². The third kappa shape index (κ3) is 2.00. The summed E-state index contributed by atoms with van der Waals surface area (Å²) in [5, 5.41) is 3.49. The van der Waals surface area contributed by atoms with E-state index in [1.54, 1.807) is 14.2 Å². The first-order valence-electron chi connectivity index (χ1n) is 5.72. The Morgan fingerprint density at radius 3 is 2.62 bits per heavy atom. The maximum absolute atomic E-state index is 5.49. The standard InChI is InChI=1S/C13H19NO2/c1-9-7-10(15-2)8-11(13(9)16-3)12-5-4-6-14-12/h7-8,12,14H,4-6H2,1-3H3. The lowest BCUT2D eigenvalue weighted by Gasteiger charge is -2.18. The van der Waals surface area contributed by atoms with E-state index in [0.717, 1.165) is 23.6 Å². The van der Waals surface area contributed by atoms with Crippen molar-refractivity contribution in [2.75, 3.05) is 20.8 Å². The fourth-order valence-corrected chi connectivity index (χ4v) is 2.37. The SMILES string of the molecule is COc1cc(C)c(OC)c(C2CCCN2)c1. The molecule has 1 saturated heterocycles. The molecule has 1 aromatic carbocycles. The van der Waals surface area contributed by atoms with Crippen molar-refractivity contribution in [3.05, 3.63) is 23.3 Å². The molecule has 1 aromatic rings. The van der Waals surface area contributed by atoms with Crippen molar-refractivity contribution in [1.29, 1.82) is 0 Å². The van der Waals surface area contributed by atoms with E-state index in [2.05, 4.69) is 18.3 Å². The normalized spacial score (nSPS) is 19.8. The molecule has 0 radical (unpaired) electrons. The minimum atomic E-state index is 0.406. The van der Waals surface area contributed by atoms with E-state index in [0.29, 0.717) is 6.04 Å². The van der Waals surface area contributed by atoms with E-state index in [1.165, 1.54) is 18.4 Å². The topological polar surface area (TPSA) is 30.5 Å². The van der Waals surface area contributed by atoms with Crippen LogP contribution in [0, 0.1) is 6.92 Å². The van der Waals surface area contributed by atoms with Gasteiger partial charge in [-0.1, -0.05) is 0 Å². The summed E-state index contributed by atoms with van der Waals surface area (Å²) in [4.78, 5) is 0. The van der Waals surface area contributed by atoms with Gasteiger partial charge in [-0.05, 0) is 44.0 Å². The smallest absolute Gasteiger partial charge is 0.126 e. The van der Waals surface area contributed by atoms with E-state index >= 15 is 0 Å². The van der Waals surface area contributed by atoms with E-state index in [-0.39, 0.29) is 0 Å². The Labute approximate surface area is 96.8 Å². The lowest BCUT2D eigenvalue weighted by molar-refractivity contribution is 0.390. The monoisotopic (exact) mass is 221 g/mol. The molecule has 1 aliphatic rings. The fourth-order valence-electron chi connectivity index (χ4n) is 2.37. The van der Waals surface area contributed by atoms with Gasteiger partial charge in [-0.2, -0.15) is 0 Å². The van der Waals surface area contributed by atoms with Crippen LogP contribution in [0.2, 0.25) is 0 Å². The minimum Gasteiger partial charge on any atom is -0.497 e. The van der Waals surface area contributed by atoms with E-state index in [4.69, 9.17) is 9.47 Å². The van der Waals surface area contributed by atoms with Crippen LogP contribution in [0.3, 0.4) is 0 Å².